The van der Waals surface area contributed by atoms with Crippen LogP contribution in [0.4, 0.5) is 0 Å². The van der Waals surface area contributed by atoms with E-state index in [0.717, 1.165) is 5.56 Å². The first-order valence-electron chi connectivity index (χ1n) is 4.82. The Morgan fingerprint density at radius 2 is 1.87 bits per heavy atom. The molecule has 0 aliphatic heterocycles. The van der Waals surface area contributed by atoms with Gasteiger partial charge < -0.3 is 5.11 Å². The molecule has 0 spiro atoms. The number of hydrogen-bond acceptors (Lipinski definition) is 2. The van der Waals surface area contributed by atoms with Crippen LogP contribution in [-0.2, 0) is 4.79 Å². The van der Waals surface area contributed by atoms with Crippen LogP contribution in [0, 0.1) is 5.92 Å². The molecular formula is C12H14O2S. The highest BCUT2D eigenvalue weighted by Crippen LogP contribution is 2.25. The van der Waals surface area contributed by atoms with Crippen molar-refractivity contribution < 1.29 is 9.90 Å². The zero-order chi connectivity index (χ0) is 11.4. The van der Waals surface area contributed by atoms with Crippen molar-refractivity contribution in [3.05, 3.63) is 35.9 Å². The molecule has 0 bridgehead atoms. The van der Waals surface area contributed by atoms with Gasteiger partial charge in [0.2, 0.25) is 0 Å². The minimum absolute atomic E-state index is 0.0822. The maximum Gasteiger partial charge on any atom is 0.312 e. The molecule has 0 aliphatic carbocycles. The zero-order valence-electron chi connectivity index (χ0n) is 8.81. The third kappa shape index (κ3) is 2.86. The molecule has 2 unspecified atom stereocenters. The Morgan fingerprint density at radius 1 is 1.33 bits per heavy atom. The fourth-order valence-corrected chi connectivity index (χ4v) is 1.99. The molecule has 0 fully saturated rings. The standard InChI is InChI=1S/C12H14O2S/c1-8(10-6-4-3-5-7-10)11(9(2)15)12(13)14/h3-8,11H,1-2H3,(H,13,14). The van der Waals surface area contributed by atoms with E-state index in [2.05, 4.69) is 0 Å². The van der Waals surface area contributed by atoms with Gasteiger partial charge in [-0.3, -0.25) is 4.79 Å². The number of carboxylic acids is 1. The molecule has 1 aromatic rings. The molecule has 15 heavy (non-hydrogen) atoms. The van der Waals surface area contributed by atoms with E-state index in [1.165, 1.54) is 0 Å². The van der Waals surface area contributed by atoms with Gasteiger partial charge in [0.15, 0.2) is 0 Å². The minimum atomic E-state index is -0.848. The Kier molecular flexibility index (Phi) is 3.97. The van der Waals surface area contributed by atoms with E-state index < -0.39 is 11.9 Å². The molecule has 1 N–H and O–H groups in total. The SMILES string of the molecule is CC(=S)C(C(=O)O)C(C)c1ccccc1. The number of thiocarbonyl (C=S) groups is 1. The van der Waals surface area contributed by atoms with Gasteiger partial charge in [-0.05, 0) is 18.4 Å². The fraction of sp³-hybridized carbons (Fsp3) is 0.333. The van der Waals surface area contributed by atoms with E-state index in [9.17, 15) is 4.79 Å². The molecule has 2 nitrogen and oxygen atoms in total. The summed E-state index contributed by atoms with van der Waals surface area (Å²) < 4.78 is 0. The molecule has 1 aromatic carbocycles. The van der Waals surface area contributed by atoms with E-state index in [-0.39, 0.29) is 5.92 Å². The summed E-state index contributed by atoms with van der Waals surface area (Å²) in [6.07, 6.45) is 0. The van der Waals surface area contributed by atoms with Gasteiger partial charge in [0.1, 0.15) is 0 Å². The molecule has 80 valence electrons. The number of benzene rings is 1. The second kappa shape index (κ2) is 5.03. The average Bonchev–Trinajstić information content (AvgIpc) is 2.18. The van der Waals surface area contributed by atoms with Crippen molar-refractivity contribution in [2.75, 3.05) is 0 Å². The lowest BCUT2D eigenvalue weighted by Gasteiger charge is -2.19. The van der Waals surface area contributed by atoms with Crippen LogP contribution in [0.2, 0.25) is 0 Å². The summed E-state index contributed by atoms with van der Waals surface area (Å²) in [5, 5.41) is 9.09. The van der Waals surface area contributed by atoms with Crippen LogP contribution in [0.5, 0.6) is 0 Å². The number of rotatable bonds is 4. The summed E-state index contributed by atoms with van der Waals surface area (Å²) in [6.45, 7) is 3.58. The van der Waals surface area contributed by atoms with Gasteiger partial charge in [-0.1, -0.05) is 49.5 Å². The highest BCUT2D eigenvalue weighted by atomic mass is 32.1. The first-order chi connectivity index (χ1) is 7.04. The normalized spacial score (nSPS) is 14.3. The zero-order valence-corrected chi connectivity index (χ0v) is 9.62. The molecule has 0 aromatic heterocycles. The Morgan fingerprint density at radius 3 is 2.27 bits per heavy atom. The summed E-state index contributed by atoms with van der Waals surface area (Å²) in [7, 11) is 0. The lowest BCUT2D eigenvalue weighted by Crippen LogP contribution is -2.25. The van der Waals surface area contributed by atoms with Crippen LogP contribution in [0.3, 0.4) is 0 Å². The number of aliphatic carboxylic acids is 1. The topological polar surface area (TPSA) is 37.3 Å². The quantitative estimate of drug-likeness (QED) is 0.796. The van der Waals surface area contributed by atoms with Crippen molar-refractivity contribution in [2.45, 2.75) is 19.8 Å². The summed E-state index contributed by atoms with van der Waals surface area (Å²) in [5.41, 5.74) is 1.01. The van der Waals surface area contributed by atoms with Crippen LogP contribution in [0.1, 0.15) is 25.3 Å². The molecular weight excluding hydrogens is 208 g/mol. The van der Waals surface area contributed by atoms with Crippen molar-refractivity contribution in [1.29, 1.82) is 0 Å². The Bertz CT molecular complexity index is 345. The van der Waals surface area contributed by atoms with E-state index in [1.54, 1.807) is 6.92 Å². The molecule has 0 aliphatic rings. The van der Waals surface area contributed by atoms with Gasteiger partial charge in [-0.2, -0.15) is 0 Å². The van der Waals surface area contributed by atoms with Gasteiger partial charge in [0.05, 0.1) is 5.92 Å². The van der Waals surface area contributed by atoms with Gasteiger partial charge in [0.25, 0.3) is 0 Å². The highest BCUT2D eigenvalue weighted by molar-refractivity contribution is 7.80. The van der Waals surface area contributed by atoms with Crippen molar-refractivity contribution >= 4 is 23.1 Å². The van der Waals surface area contributed by atoms with E-state index >= 15 is 0 Å². The van der Waals surface area contributed by atoms with Crippen LogP contribution in [-0.4, -0.2) is 15.9 Å². The third-order valence-electron chi connectivity index (χ3n) is 2.53. The molecule has 2 atom stereocenters. The lowest BCUT2D eigenvalue weighted by molar-refractivity contribution is -0.139. The van der Waals surface area contributed by atoms with Gasteiger partial charge in [0, 0.05) is 4.86 Å². The Hall–Kier alpha value is -1.22. The Balaban J connectivity index is 2.96. The maximum atomic E-state index is 11.1. The van der Waals surface area contributed by atoms with Gasteiger partial charge >= 0.3 is 5.97 Å². The Labute approximate surface area is 94.9 Å². The largest absolute Gasteiger partial charge is 0.481 e. The second-order valence-electron chi connectivity index (χ2n) is 3.63. The average molecular weight is 222 g/mol. The molecule has 0 amide bonds. The van der Waals surface area contributed by atoms with Gasteiger partial charge in [-0.15, -0.1) is 0 Å². The van der Waals surface area contributed by atoms with Crippen molar-refractivity contribution in [1.82, 2.24) is 0 Å². The fourth-order valence-electron chi connectivity index (χ4n) is 1.69. The maximum absolute atomic E-state index is 11.1. The first kappa shape index (κ1) is 11.9. The molecule has 0 saturated carbocycles. The predicted octanol–water partition coefficient (Wildman–Crippen LogP) is 2.88. The number of carboxylic acid groups (broad SMARTS) is 1. The molecule has 0 radical (unpaired) electrons. The van der Waals surface area contributed by atoms with E-state index in [4.69, 9.17) is 17.3 Å². The van der Waals surface area contributed by atoms with Crippen LogP contribution >= 0.6 is 12.2 Å². The molecule has 0 heterocycles. The molecule has 3 heteroatoms. The van der Waals surface area contributed by atoms with Crippen LogP contribution in [0.15, 0.2) is 30.3 Å². The minimum Gasteiger partial charge on any atom is -0.481 e. The lowest BCUT2D eigenvalue weighted by atomic mass is 9.86. The summed E-state index contributed by atoms with van der Waals surface area (Å²) in [5.74, 6) is -1.51. The second-order valence-corrected chi connectivity index (χ2v) is 4.27. The van der Waals surface area contributed by atoms with Gasteiger partial charge in [-0.25, -0.2) is 0 Å². The van der Waals surface area contributed by atoms with Crippen molar-refractivity contribution in [3.8, 4) is 0 Å². The molecule has 0 saturated heterocycles. The first-order valence-corrected chi connectivity index (χ1v) is 5.23. The summed E-state index contributed by atoms with van der Waals surface area (Å²) >= 11 is 4.99. The summed E-state index contributed by atoms with van der Waals surface area (Å²) in [6, 6.07) is 9.58. The predicted molar refractivity (Wildman–Crippen MR) is 64.3 cm³/mol. The smallest absolute Gasteiger partial charge is 0.312 e. The summed E-state index contributed by atoms with van der Waals surface area (Å²) in [4.78, 5) is 11.6. The van der Waals surface area contributed by atoms with E-state index in [1.807, 2.05) is 37.3 Å². The van der Waals surface area contributed by atoms with Crippen molar-refractivity contribution in [3.63, 3.8) is 0 Å². The monoisotopic (exact) mass is 222 g/mol. The highest BCUT2D eigenvalue weighted by Gasteiger charge is 2.27. The van der Waals surface area contributed by atoms with Crippen molar-refractivity contribution in [2.24, 2.45) is 5.92 Å². The van der Waals surface area contributed by atoms with E-state index in [0.29, 0.717) is 4.86 Å². The number of carbonyl (C=O) groups is 1. The third-order valence-corrected chi connectivity index (χ3v) is 2.78. The van der Waals surface area contributed by atoms with Crippen LogP contribution in [0.25, 0.3) is 0 Å². The number of hydrogen-bond donors (Lipinski definition) is 1. The van der Waals surface area contributed by atoms with Crippen LogP contribution < -0.4 is 0 Å². The molecule has 1 rings (SSSR count).